The van der Waals surface area contributed by atoms with Crippen LogP contribution in [-0.2, 0) is 10.9 Å². The molecule has 0 saturated carbocycles. The molecular formula is C23H15F7N2O6. The van der Waals surface area contributed by atoms with Crippen LogP contribution >= 0.6 is 0 Å². The monoisotopic (exact) mass is 551 g/mol. The number of pyridine rings is 1. The van der Waals surface area contributed by atoms with Crippen LogP contribution in [0.25, 0.3) is 0 Å². The molecule has 1 amide bonds. The molecule has 3 rings (SSSR count). The number of alkyl halides is 6. The van der Waals surface area contributed by atoms with Crippen molar-refractivity contribution in [3.63, 3.8) is 0 Å². The second kappa shape index (κ2) is 10.8. The van der Waals surface area contributed by atoms with E-state index in [9.17, 15) is 40.3 Å². The highest BCUT2D eigenvalue weighted by molar-refractivity contribution is 6.06. The summed E-state index contributed by atoms with van der Waals surface area (Å²) in [5.41, 5.74) is -3.16. The predicted octanol–water partition coefficient (Wildman–Crippen LogP) is 5.98. The lowest BCUT2D eigenvalue weighted by atomic mass is 10.1. The van der Waals surface area contributed by atoms with Crippen LogP contribution in [0, 0.1) is 5.82 Å². The van der Waals surface area contributed by atoms with Crippen LogP contribution in [0.5, 0.6) is 23.0 Å². The van der Waals surface area contributed by atoms with Crippen molar-refractivity contribution >= 4 is 17.6 Å². The molecule has 202 valence electrons. The van der Waals surface area contributed by atoms with E-state index in [-0.39, 0.29) is 23.5 Å². The molecule has 0 saturated heterocycles. The van der Waals surface area contributed by atoms with E-state index in [1.54, 1.807) is 0 Å². The second-order valence-corrected chi connectivity index (χ2v) is 7.06. The first-order chi connectivity index (χ1) is 18.9. The smallest absolute Gasteiger partial charge is 0.493 e. The average Bonchev–Trinajstić information content (AvgIpc) is 2.83. The maximum Gasteiger partial charge on any atom is 0.573 e. The van der Waals surface area contributed by atoms with Crippen LogP contribution in [0.4, 0.5) is 36.4 Å². The van der Waals surface area contributed by atoms with Crippen LogP contribution in [0.15, 0.2) is 48.7 Å². The molecule has 3 aromatic rings. The van der Waals surface area contributed by atoms with Crippen LogP contribution in [0.2, 0.25) is 0 Å². The number of esters is 1. The van der Waals surface area contributed by atoms with Crippen molar-refractivity contribution in [2.45, 2.75) is 12.5 Å². The zero-order valence-electron chi connectivity index (χ0n) is 21.7. The molecule has 0 spiro atoms. The highest BCUT2D eigenvalue weighted by Crippen LogP contribution is 2.40. The van der Waals surface area contributed by atoms with Crippen LogP contribution < -0.4 is 19.5 Å². The number of methoxy groups -OCH3 is 2. The van der Waals surface area contributed by atoms with Gasteiger partial charge in [0.2, 0.25) is 0 Å². The van der Waals surface area contributed by atoms with Gasteiger partial charge in [0.25, 0.3) is 5.91 Å². The lowest BCUT2D eigenvalue weighted by Gasteiger charge is -2.17. The Morgan fingerprint density at radius 1 is 0.974 bits per heavy atom. The molecule has 0 radical (unpaired) electrons. The zero-order valence-corrected chi connectivity index (χ0v) is 18.7. The summed E-state index contributed by atoms with van der Waals surface area (Å²) in [5, 5.41) is 2.20. The molecule has 2 aromatic carbocycles. The van der Waals surface area contributed by atoms with Gasteiger partial charge >= 0.3 is 18.5 Å². The highest BCUT2D eigenvalue weighted by atomic mass is 19.4. The quantitative estimate of drug-likeness (QED) is 0.285. The molecule has 0 atom stereocenters. The third-order valence-electron chi connectivity index (χ3n) is 4.51. The number of amides is 1. The minimum Gasteiger partial charge on any atom is -0.493 e. The summed E-state index contributed by atoms with van der Waals surface area (Å²) in [4.78, 5) is 28.4. The van der Waals surface area contributed by atoms with Gasteiger partial charge < -0.3 is 24.3 Å². The van der Waals surface area contributed by atoms with Gasteiger partial charge in [0.05, 0.1) is 29.4 Å². The fraction of sp³-hybridized carbons (Fsp3) is 0.174. The van der Waals surface area contributed by atoms with Gasteiger partial charge in [-0.15, -0.1) is 13.2 Å². The van der Waals surface area contributed by atoms with E-state index in [0.717, 1.165) is 19.4 Å². The number of hydrogen-bond acceptors (Lipinski definition) is 7. The van der Waals surface area contributed by atoms with Crippen molar-refractivity contribution in [2.75, 3.05) is 19.5 Å². The Balaban J connectivity index is 2.10. The van der Waals surface area contributed by atoms with Crippen molar-refractivity contribution in [2.24, 2.45) is 0 Å². The molecular weight excluding hydrogens is 533 g/mol. The Kier molecular flexibility index (Phi) is 6.78. The molecule has 8 nitrogen and oxygen atoms in total. The van der Waals surface area contributed by atoms with Crippen LogP contribution in [0.3, 0.4) is 0 Å². The van der Waals surface area contributed by atoms with E-state index in [1.165, 1.54) is 6.07 Å². The Bertz CT molecular complexity index is 1460. The van der Waals surface area contributed by atoms with Crippen molar-refractivity contribution in [3.8, 4) is 23.0 Å². The van der Waals surface area contributed by atoms with Gasteiger partial charge in [0.15, 0.2) is 11.5 Å². The van der Waals surface area contributed by atoms with E-state index in [0.29, 0.717) is 18.2 Å². The summed E-state index contributed by atoms with van der Waals surface area (Å²) in [6, 6.07) is 4.16. The molecule has 0 bridgehead atoms. The summed E-state index contributed by atoms with van der Waals surface area (Å²) >= 11 is 0. The number of nitrogens with one attached hydrogen (secondary N) is 1. The van der Waals surface area contributed by atoms with E-state index >= 15 is 0 Å². The number of carbonyl (C=O) groups is 2. The number of nitrogens with zero attached hydrogens (tertiary/aromatic N) is 1. The van der Waals surface area contributed by atoms with Gasteiger partial charge in [0.1, 0.15) is 23.0 Å². The average molecular weight is 551 g/mol. The molecule has 0 aliphatic heterocycles. The summed E-state index contributed by atoms with van der Waals surface area (Å²) in [6.07, 6.45) is -9.42. The summed E-state index contributed by atoms with van der Waals surface area (Å²) in [5.74, 6) is -7.77. The number of hydrogen-bond donors (Lipinski definition) is 1. The van der Waals surface area contributed by atoms with Crippen molar-refractivity contribution < 1.29 is 63.4 Å². The Morgan fingerprint density at radius 3 is 2.34 bits per heavy atom. The fourth-order valence-electron chi connectivity index (χ4n) is 2.92. The summed E-state index contributed by atoms with van der Waals surface area (Å²) < 4.78 is 132. The molecule has 38 heavy (non-hydrogen) atoms. The highest BCUT2D eigenvalue weighted by Gasteiger charge is 2.36. The fourth-order valence-corrected chi connectivity index (χ4v) is 2.92. The Hall–Kier alpha value is -4.56. The van der Waals surface area contributed by atoms with Gasteiger partial charge in [-0.1, -0.05) is 0 Å². The lowest BCUT2D eigenvalue weighted by Crippen LogP contribution is -2.17. The molecule has 1 aromatic heterocycles. The molecule has 0 fully saturated rings. The number of ether oxygens (including phenoxy) is 4. The van der Waals surface area contributed by atoms with E-state index in [1.807, 2.05) is 0 Å². The van der Waals surface area contributed by atoms with Crippen LogP contribution in [0.1, 0.15) is 30.5 Å². The van der Waals surface area contributed by atoms with Gasteiger partial charge in [-0.2, -0.15) is 13.2 Å². The number of halogens is 7. The normalized spacial score (nSPS) is 13.0. The number of anilines is 1. The van der Waals surface area contributed by atoms with Crippen molar-refractivity contribution in [1.29, 1.82) is 0 Å². The topological polar surface area (TPSA) is 96.0 Å². The third-order valence-corrected chi connectivity index (χ3v) is 4.51. The second-order valence-electron chi connectivity index (χ2n) is 7.06. The van der Waals surface area contributed by atoms with Crippen LogP contribution in [-0.4, -0.2) is 37.4 Å². The van der Waals surface area contributed by atoms with Gasteiger partial charge in [0, 0.05) is 18.0 Å². The van der Waals surface area contributed by atoms with Gasteiger partial charge in [-0.05, 0) is 36.4 Å². The zero-order chi connectivity index (χ0) is 30.8. The number of benzene rings is 2. The molecule has 15 heteroatoms. The first-order valence-electron chi connectivity index (χ1n) is 11.4. The third kappa shape index (κ3) is 6.80. The lowest BCUT2D eigenvalue weighted by molar-refractivity contribution is -0.274. The van der Waals surface area contributed by atoms with E-state index < -0.39 is 71.4 Å². The molecule has 1 N–H and O–H groups in total. The molecule has 0 unspecified atom stereocenters. The number of rotatable bonds is 7. The first kappa shape index (κ1) is 23.8. The standard InChI is InChI=1S/C23H15F7N2O6/c1-35-19-8-12(38-23(28,29)30)3-4-17(19)37-18-10-14(22(25,26)27)15(24)9-13(18)20(33)32-11-5-6-31-16(7-11)21(34)36-2/h3-10H,1-2H3,(H,31,32,33)/i1D3. The van der Waals surface area contributed by atoms with Gasteiger partial charge in [-0.25, -0.2) is 14.2 Å². The SMILES string of the molecule is [2H]C([2H])([2H])Oc1cc(OC(F)(F)F)ccc1Oc1cc(C(F)(F)F)c(F)cc1C(=O)Nc1ccnc(C(=O)OC)c1. The Morgan fingerprint density at radius 2 is 1.71 bits per heavy atom. The molecule has 0 aliphatic rings. The Labute approximate surface area is 213 Å². The number of carbonyl (C=O) groups excluding carboxylic acids is 2. The largest absolute Gasteiger partial charge is 0.573 e. The summed E-state index contributed by atoms with van der Waals surface area (Å²) in [7, 11) is -2.23. The maximum absolute atomic E-state index is 14.4. The van der Waals surface area contributed by atoms with E-state index in [2.05, 4.69) is 24.5 Å². The van der Waals surface area contributed by atoms with E-state index in [4.69, 9.17) is 8.85 Å². The number of aromatic nitrogens is 1. The minimum absolute atomic E-state index is 0.0793. The van der Waals surface area contributed by atoms with Crippen molar-refractivity contribution in [1.82, 2.24) is 4.98 Å². The minimum atomic E-state index is -5.29. The van der Waals surface area contributed by atoms with Crippen molar-refractivity contribution in [3.05, 3.63) is 71.3 Å². The molecule has 0 aliphatic carbocycles. The molecule has 1 heterocycles. The van der Waals surface area contributed by atoms with Gasteiger partial charge in [-0.3, -0.25) is 4.79 Å². The summed E-state index contributed by atoms with van der Waals surface area (Å²) in [6.45, 7) is 0. The first-order valence-corrected chi connectivity index (χ1v) is 9.89. The predicted molar refractivity (Wildman–Crippen MR) is 115 cm³/mol. The maximum atomic E-state index is 14.4.